The fourth-order valence-corrected chi connectivity index (χ4v) is 3.36. The minimum absolute atomic E-state index is 0.110. The zero-order valence-corrected chi connectivity index (χ0v) is 13.9. The molecule has 0 saturated heterocycles. The summed E-state index contributed by atoms with van der Waals surface area (Å²) < 4.78 is 1.11. The first-order chi connectivity index (χ1) is 11.5. The topological polar surface area (TPSA) is 91.5 Å². The molecule has 0 N–H and O–H groups in total. The van der Waals surface area contributed by atoms with Gasteiger partial charge in [0.15, 0.2) is 0 Å². The monoisotopic (exact) mass is 360 g/mol. The average molecular weight is 361 g/mol. The molecular formula is C16H11ClN3O3S-. The summed E-state index contributed by atoms with van der Waals surface area (Å²) in [5, 5.41) is 23.8. The van der Waals surface area contributed by atoms with Crippen LogP contribution in [0.4, 0.5) is 5.69 Å². The number of aromatic nitrogens is 1. The Hall–Kier alpha value is -2.51. The molecule has 0 bridgehead atoms. The zero-order valence-electron chi connectivity index (χ0n) is 12.3. The number of benzene rings is 2. The van der Waals surface area contributed by atoms with Crippen LogP contribution in [0, 0.1) is 10.1 Å². The maximum atomic E-state index is 11.9. The number of hydrogen-bond donors (Lipinski definition) is 0. The van der Waals surface area contributed by atoms with Crippen LogP contribution >= 0.6 is 22.9 Å². The molecule has 0 aliphatic heterocycles. The number of halogens is 1. The van der Waals surface area contributed by atoms with E-state index in [-0.39, 0.29) is 10.6 Å². The summed E-state index contributed by atoms with van der Waals surface area (Å²) in [6.07, 6.45) is 1.96. The second kappa shape index (κ2) is 6.94. The molecule has 0 unspecified atom stereocenters. The first-order valence-corrected chi connectivity index (χ1v) is 8.23. The molecule has 3 rings (SSSR count). The smallest absolute Gasteiger partial charge is 0.263 e. The van der Waals surface area contributed by atoms with E-state index in [9.17, 15) is 15.2 Å². The number of thiazole rings is 1. The van der Waals surface area contributed by atoms with Crippen molar-refractivity contribution in [2.75, 3.05) is 6.54 Å². The predicted octanol–water partition coefficient (Wildman–Crippen LogP) is 3.59. The Balaban J connectivity index is 1.71. The van der Waals surface area contributed by atoms with Crippen molar-refractivity contribution in [1.29, 1.82) is 0 Å². The molecule has 122 valence electrons. The molecule has 0 aliphatic carbocycles. The van der Waals surface area contributed by atoms with Crippen molar-refractivity contribution in [3.8, 4) is 5.75 Å². The maximum Gasteiger partial charge on any atom is 0.263 e. The molecule has 1 heterocycles. The van der Waals surface area contributed by atoms with Crippen LogP contribution in [0.3, 0.4) is 0 Å². The van der Waals surface area contributed by atoms with Crippen LogP contribution in [0.1, 0.15) is 10.6 Å². The maximum absolute atomic E-state index is 11.9. The highest BCUT2D eigenvalue weighted by Gasteiger charge is 2.11. The summed E-state index contributed by atoms with van der Waals surface area (Å²) in [6, 6.07) is 10.3. The number of hydrogen-bond acceptors (Lipinski definition) is 6. The van der Waals surface area contributed by atoms with Crippen molar-refractivity contribution in [2.24, 2.45) is 4.99 Å². The molecule has 3 aromatic rings. The highest BCUT2D eigenvalue weighted by Crippen LogP contribution is 2.30. The molecule has 2 aromatic carbocycles. The number of nitrogens with zero attached hydrogens (tertiary/aromatic N) is 3. The Labute approximate surface area is 146 Å². The predicted molar refractivity (Wildman–Crippen MR) is 93.3 cm³/mol. The molecule has 24 heavy (non-hydrogen) atoms. The van der Waals surface area contributed by atoms with E-state index in [1.54, 1.807) is 11.3 Å². The molecule has 0 spiro atoms. The van der Waals surface area contributed by atoms with E-state index in [4.69, 9.17) is 11.6 Å². The minimum atomic E-state index is -0.743. The Bertz CT molecular complexity index is 906. The quantitative estimate of drug-likeness (QED) is 0.395. The van der Waals surface area contributed by atoms with Gasteiger partial charge in [-0.05, 0) is 29.5 Å². The molecule has 6 nitrogen and oxygen atoms in total. The van der Waals surface area contributed by atoms with E-state index in [1.807, 2.05) is 24.3 Å². The van der Waals surface area contributed by atoms with Crippen molar-refractivity contribution >= 4 is 45.1 Å². The molecular weight excluding hydrogens is 350 g/mol. The van der Waals surface area contributed by atoms with Crippen molar-refractivity contribution in [3.63, 3.8) is 0 Å². The first-order valence-electron chi connectivity index (χ1n) is 7.04. The number of nitro groups is 1. The molecule has 0 radical (unpaired) electrons. The molecule has 0 amide bonds. The van der Waals surface area contributed by atoms with Gasteiger partial charge in [0.2, 0.25) is 0 Å². The first kappa shape index (κ1) is 16.4. The lowest BCUT2D eigenvalue weighted by Crippen LogP contribution is -2.02. The van der Waals surface area contributed by atoms with Crippen LogP contribution in [0.5, 0.6) is 5.75 Å². The van der Waals surface area contributed by atoms with Crippen LogP contribution in [-0.2, 0) is 6.42 Å². The van der Waals surface area contributed by atoms with Crippen molar-refractivity contribution in [2.45, 2.75) is 6.42 Å². The largest absolute Gasteiger partial charge is 0.867 e. The highest BCUT2D eigenvalue weighted by atomic mass is 35.5. The van der Waals surface area contributed by atoms with Gasteiger partial charge in [0.05, 0.1) is 20.1 Å². The summed E-state index contributed by atoms with van der Waals surface area (Å²) in [7, 11) is 0. The molecule has 0 fully saturated rings. The van der Waals surface area contributed by atoms with Gasteiger partial charge < -0.3 is 5.11 Å². The number of aliphatic imine (C=N–C) groups is 1. The number of para-hydroxylation sites is 1. The van der Waals surface area contributed by atoms with Gasteiger partial charge in [0.25, 0.3) is 5.69 Å². The van der Waals surface area contributed by atoms with Crippen LogP contribution in [0.2, 0.25) is 5.02 Å². The number of fused-ring (bicyclic) bond motifs is 1. The molecule has 0 atom stereocenters. The lowest BCUT2D eigenvalue weighted by Gasteiger charge is -2.10. The molecule has 1 aromatic heterocycles. The van der Waals surface area contributed by atoms with Gasteiger partial charge in [-0.15, -0.1) is 11.3 Å². The zero-order chi connectivity index (χ0) is 17.1. The fourth-order valence-electron chi connectivity index (χ4n) is 2.18. The van der Waals surface area contributed by atoms with Gasteiger partial charge in [-0.25, -0.2) is 4.98 Å². The van der Waals surface area contributed by atoms with Gasteiger partial charge in [-0.3, -0.25) is 15.1 Å². The van der Waals surface area contributed by atoms with E-state index in [1.165, 1.54) is 12.3 Å². The fraction of sp³-hybridized carbons (Fsp3) is 0.125. The third-order valence-electron chi connectivity index (χ3n) is 3.28. The summed E-state index contributed by atoms with van der Waals surface area (Å²) in [5.74, 6) is -0.687. The van der Waals surface area contributed by atoms with Gasteiger partial charge in [-0.1, -0.05) is 23.7 Å². The lowest BCUT2D eigenvalue weighted by molar-refractivity contribution is -0.398. The van der Waals surface area contributed by atoms with Crippen LogP contribution in [-0.4, -0.2) is 22.7 Å². The van der Waals surface area contributed by atoms with E-state index in [0.29, 0.717) is 13.0 Å². The van der Waals surface area contributed by atoms with Gasteiger partial charge in [-0.2, -0.15) is 0 Å². The van der Waals surface area contributed by atoms with Crippen LogP contribution in [0.15, 0.2) is 41.4 Å². The normalized spacial score (nSPS) is 11.4. The van der Waals surface area contributed by atoms with Gasteiger partial charge in [0, 0.05) is 30.3 Å². The highest BCUT2D eigenvalue weighted by molar-refractivity contribution is 7.18. The number of rotatable bonds is 5. The van der Waals surface area contributed by atoms with Gasteiger partial charge in [0.1, 0.15) is 0 Å². The molecule has 0 aliphatic rings. The summed E-state index contributed by atoms with van der Waals surface area (Å²) >= 11 is 7.40. The van der Waals surface area contributed by atoms with Crippen molar-refractivity contribution in [3.05, 3.63) is 62.1 Å². The Morgan fingerprint density at radius 2 is 2.12 bits per heavy atom. The van der Waals surface area contributed by atoms with Crippen LogP contribution < -0.4 is 5.11 Å². The average Bonchev–Trinajstić information content (AvgIpc) is 2.96. The Kier molecular flexibility index (Phi) is 4.73. The second-order valence-corrected chi connectivity index (χ2v) is 6.51. The summed E-state index contributed by atoms with van der Waals surface area (Å²) in [5.41, 5.74) is 0.516. The van der Waals surface area contributed by atoms with E-state index >= 15 is 0 Å². The minimum Gasteiger partial charge on any atom is -0.867 e. The third kappa shape index (κ3) is 3.52. The Morgan fingerprint density at radius 1 is 1.33 bits per heavy atom. The van der Waals surface area contributed by atoms with E-state index < -0.39 is 16.4 Å². The summed E-state index contributed by atoms with van der Waals surface area (Å²) in [6.45, 7) is 0.430. The van der Waals surface area contributed by atoms with Crippen molar-refractivity contribution in [1.82, 2.24) is 4.98 Å². The third-order valence-corrected chi connectivity index (χ3v) is 4.60. The van der Waals surface area contributed by atoms with E-state index in [2.05, 4.69) is 9.98 Å². The standard InChI is InChI=1S/C16H12ClN3O3S/c17-11-7-10(16(21)13(8-11)20(22)23)9-18-6-5-15-19-12-3-1-2-4-14(12)24-15/h1-4,7-9,21H,5-6H2/p-1. The Morgan fingerprint density at radius 3 is 2.88 bits per heavy atom. The molecule has 0 saturated carbocycles. The van der Waals surface area contributed by atoms with Crippen molar-refractivity contribution < 1.29 is 10.0 Å². The SMILES string of the molecule is O=[N+]([O-])c1cc(Cl)cc(C=NCCc2nc3ccccc3s2)c1[O-]. The second-order valence-electron chi connectivity index (χ2n) is 4.96. The number of nitro benzene ring substituents is 1. The van der Waals surface area contributed by atoms with Gasteiger partial charge >= 0.3 is 0 Å². The summed E-state index contributed by atoms with van der Waals surface area (Å²) in [4.78, 5) is 18.7. The lowest BCUT2D eigenvalue weighted by atomic mass is 10.2. The van der Waals surface area contributed by atoms with Crippen LogP contribution in [0.25, 0.3) is 10.2 Å². The molecule has 8 heteroatoms. The van der Waals surface area contributed by atoms with E-state index in [0.717, 1.165) is 21.3 Å².